The van der Waals surface area contributed by atoms with Gasteiger partial charge in [-0.15, -0.1) is 11.3 Å². The molecule has 1 amide bonds. The van der Waals surface area contributed by atoms with E-state index in [1.807, 2.05) is 36.5 Å². The number of aromatic amines is 1. The molecule has 0 spiro atoms. The molecule has 1 saturated heterocycles. The molecule has 0 saturated carbocycles. The molecule has 9 heteroatoms. The highest BCUT2D eigenvalue weighted by Gasteiger charge is 2.46. The second-order valence-corrected chi connectivity index (χ2v) is 8.41. The standard InChI is InChI=1S/C21H25N3O5S/c1-11-14(12(2)22-16(11)21(28)29-5)18(25)15-17(13-7-6-10-30-13)24(9-8-23(3)4)20(27)19(15)26/h6-7,10,17,22,25H,8-9H2,1-5H3/t17-/m0/s1. The van der Waals surface area contributed by atoms with Gasteiger partial charge in [-0.3, -0.25) is 9.59 Å². The molecule has 0 unspecified atom stereocenters. The van der Waals surface area contributed by atoms with Crippen LogP contribution in [0, 0.1) is 13.8 Å². The van der Waals surface area contributed by atoms with Gasteiger partial charge in [0.1, 0.15) is 11.5 Å². The van der Waals surface area contributed by atoms with Crippen molar-refractivity contribution < 1.29 is 24.2 Å². The molecule has 1 aliphatic rings. The van der Waals surface area contributed by atoms with E-state index in [1.165, 1.54) is 23.3 Å². The molecule has 8 nitrogen and oxygen atoms in total. The van der Waals surface area contributed by atoms with Crippen molar-refractivity contribution in [1.29, 1.82) is 0 Å². The van der Waals surface area contributed by atoms with Gasteiger partial charge in [-0.05, 0) is 45.0 Å². The van der Waals surface area contributed by atoms with Crippen molar-refractivity contribution in [2.45, 2.75) is 19.9 Å². The number of H-pyrrole nitrogens is 1. The number of esters is 1. The number of carbonyl (C=O) groups is 3. The van der Waals surface area contributed by atoms with Crippen LogP contribution in [0.3, 0.4) is 0 Å². The Kier molecular flexibility index (Phi) is 6.14. The lowest BCUT2D eigenvalue weighted by Crippen LogP contribution is -2.35. The van der Waals surface area contributed by atoms with Crippen LogP contribution in [-0.4, -0.2) is 71.8 Å². The Morgan fingerprint density at radius 1 is 1.33 bits per heavy atom. The number of likely N-dealkylation sites (N-methyl/N-ethyl adjacent to an activating group) is 1. The Morgan fingerprint density at radius 2 is 2.03 bits per heavy atom. The van der Waals surface area contributed by atoms with E-state index in [2.05, 4.69) is 4.98 Å². The van der Waals surface area contributed by atoms with E-state index >= 15 is 0 Å². The van der Waals surface area contributed by atoms with Gasteiger partial charge in [-0.25, -0.2) is 4.79 Å². The van der Waals surface area contributed by atoms with E-state index in [0.29, 0.717) is 29.9 Å². The van der Waals surface area contributed by atoms with E-state index in [4.69, 9.17) is 4.74 Å². The zero-order chi connectivity index (χ0) is 22.2. The molecule has 0 aromatic carbocycles. The molecule has 2 aromatic heterocycles. The number of amides is 1. The molecule has 0 bridgehead atoms. The van der Waals surface area contributed by atoms with Crippen LogP contribution in [0.4, 0.5) is 0 Å². The number of likely N-dealkylation sites (tertiary alicyclic amines) is 1. The summed E-state index contributed by atoms with van der Waals surface area (Å²) < 4.78 is 4.78. The molecule has 2 N–H and O–H groups in total. The van der Waals surface area contributed by atoms with Crippen molar-refractivity contribution in [1.82, 2.24) is 14.8 Å². The van der Waals surface area contributed by atoms with Gasteiger partial charge in [0.2, 0.25) is 0 Å². The Morgan fingerprint density at radius 3 is 2.60 bits per heavy atom. The van der Waals surface area contributed by atoms with Gasteiger partial charge in [0.25, 0.3) is 11.7 Å². The molecule has 1 aliphatic heterocycles. The van der Waals surface area contributed by atoms with Crippen LogP contribution < -0.4 is 0 Å². The average molecular weight is 432 g/mol. The number of ether oxygens (including phenoxy) is 1. The van der Waals surface area contributed by atoms with Gasteiger partial charge in [-0.1, -0.05) is 6.07 Å². The van der Waals surface area contributed by atoms with Crippen LogP contribution in [0.5, 0.6) is 0 Å². The lowest BCUT2D eigenvalue weighted by atomic mass is 9.97. The molecule has 1 fully saturated rings. The largest absolute Gasteiger partial charge is 0.507 e. The van der Waals surface area contributed by atoms with Gasteiger partial charge in [0, 0.05) is 29.2 Å². The van der Waals surface area contributed by atoms with Crippen LogP contribution >= 0.6 is 11.3 Å². The maximum Gasteiger partial charge on any atom is 0.354 e. The van der Waals surface area contributed by atoms with Crippen LogP contribution in [0.15, 0.2) is 23.1 Å². The van der Waals surface area contributed by atoms with Crippen LogP contribution in [0.25, 0.3) is 5.76 Å². The van der Waals surface area contributed by atoms with Gasteiger partial charge in [0.15, 0.2) is 0 Å². The lowest BCUT2D eigenvalue weighted by molar-refractivity contribution is -0.140. The van der Waals surface area contributed by atoms with Crippen molar-refractivity contribution in [2.75, 3.05) is 34.3 Å². The molecule has 2 aromatic rings. The summed E-state index contributed by atoms with van der Waals surface area (Å²) in [4.78, 5) is 45.0. The van der Waals surface area contributed by atoms with Gasteiger partial charge in [-0.2, -0.15) is 0 Å². The number of hydrogen-bond acceptors (Lipinski definition) is 7. The number of rotatable bonds is 6. The van der Waals surface area contributed by atoms with E-state index in [1.54, 1.807) is 13.8 Å². The number of aliphatic hydroxyl groups is 1. The van der Waals surface area contributed by atoms with Gasteiger partial charge in [0.05, 0.1) is 18.7 Å². The van der Waals surface area contributed by atoms with Gasteiger partial charge >= 0.3 is 5.97 Å². The summed E-state index contributed by atoms with van der Waals surface area (Å²) in [5.41, 5.74) is 1.53. The number of aryl methyl sites for hydroxylation is 1. The van der Waals surface area contributed by atoms with Crippen LogP contribution in [0.1, 0.15) is 38.2 Å². The number of aromatic nitrogens is 1. The molecular weight excluding hydrogens is 406 g/mol. The first-order valence-corrected chi connectivity index (χ1v) is 10.3. The number of Topliss-reactive ketones (excluding diaryl/α,β-unsaturated/α-hetero) is 1. The highest BCUT2D eigenvalue weighted by atomic mass is 32.1. The van der Waals surface area contributed by atoms with Crippen molar-refractivity contribution in [3.8, 4) is 0 Å². The normalized spacial score (nSPS) is 18.5. The zero-order valence-corrected chi connectivity index (χ0v) is 18.4. The SMILES string of the molecule is COC(=O)c1[nH]c(C)c(C(O)=C2C(=O)C(=O)N(CCN(C)C)[C@H]2c2cccs2)c1C. The Labute approximate surface area is 178 Å². The molecule has 3 rings (SSSR count). The number of ketones is 1. The summed E-state index contributed by atoms with van der Waals surface area (Å²) >= 11 is 1.41. The number of nitrogens with one attached hydrogen (secondary N) is 1. The second kappa shape index (κ2) is 8.45. The molecule has 160 valence electrons. The quantitative estimate of drug-likeness (QED) is 0.315. The first kappa shape index (κ1) is 21.8. The maximum atomic E-state index is 13.0. The number of thiophene rings is 1. The number of aliphatic hydroxyl groups excluding tert-OH is 1. The highest BCUT2D eigenvalue weighted by Crippen LogP contribution is 2.42. The Bertz CT molecular complexity index is 1020. The highest BCUT2D eigenvalue weighted by molar-refractivity contribution is 7.10. The number of carbonyl (C=O) groups excluding carboxylic acids is 3. The van der Waals surface area contributed by atoms with Crippen molar-refractivity contribution >= 4 is 34.8 Å². The number of nitrogens with zero attached hydrogens (tertiary/aromatic N) is 2. The summed E-state index contributed by atoms with van der Waals surface area (Å²) in [5.74, 6) is -2.24. The molecule has 0 aliphatic carbocycles. The minimum atomic E-state index is -0.732. The predicted octanol–water partition coefficient (Wildman–Crippen LogP) is 2.46. The first-order chi connectivity index (χ1) is 14.2. The third-order valence-corrected chi connectivity index (χ3v) is 6.13. The Hall–Kier alpha value is -2.91. The molecule has 30 heavy (non-hydrogen) atoms. The summed E-state index contributed by atoms with van der Waals surface area (Å²) in [7, 11) is 5.04. The van der Waals surface area contributed by atoms with E-state index < -0.39 is 23.7 Å². The fourth-order valence-corrected chi connectivity index (χ4v) is 4.55. The number of hydrogen-bond donors (Lipinski definition) is 2. The molecule has 0 radical (unpaired) electrons. The minimum Gasteiger partial charge on any atom is -0.507 e. The van der Waals surface area contributed by atoms with Crippen molar-refractivity contribution in [3.63, 3.8) is 0 Å². The van der Waals surface area contributed by atoms with Crippen molar-refractivity contribution in [2.24, 2.45) is 0 Å². The van der Waals surface area contributed by atoms with Crippen LogP contribution in [0.2, 0.25) is 0 Å². The van der Waals surface area contributed by atoms with E-state index in [0.717, 1.165) is 4.88 Å². The second-order valence-electron chi connectivity index (χ2n) is 7.43. The smallest absolute Gasteiger partial charge is 0.354 e. The molecular formula is C21H25N3O5S. The Balaban J connectivity index is 2.18. The number of methoxy groups -OCH3 is 1. The monoisotopic (exact) mass is 431 g/mol. The summed E-state index contributed by atoms with van der Waals surface area (Å²) in [6, 6.07) is 3.00. The van der Waals surface area contributed by atoms with E-state index in [-0.39, 0.29) is 17.0 Å². The summed E-state index contributed by atoms with van der Waals surface area (Å²) in [6.45, 7) is 4.27. The van der Waals surface area contributed by atoms with Gasteiger partial charge < -0.3 is 24.6 Å². The molecule has 1 atom stereocenters. The minimum absolute atomic E-state index is 0.0304. The third-order valence-electron chi connectivity index (χ3n) is 5.20. The first-order valence-electron chi connectivity index (χ1n) is 9.43. The average Bonchev–Trinajstić information content (AvgIpc) is 3.38. The van der Waals surface area contributed by atoms with Crippen LogP contribution in [-0.2, 0) is 14.3 Å². The topological polar surface area (TPSA) is 103 Å². The zero-order valence-electron chi connectivity index (χ0n) is 17.6. The summed E-state index contributed by atoms with van der Waals surface area (Å²) in [5, 5.41) is 13.1. The van der Waals surface area contributed by atoms with E-state index in [9.17, 15) is 19.5 Å². The lowest BCUT2D eigenvalue weighted by Gasteiger charge is -2.25. The molecule has 3 heterocycles. The summed E-state index contributed by atoms with van der Waals surface area (Å²) in [6.07, 6.45) is 0. The maximum absolute atomic E-state index is 13.0. The van der Waals surface area contributed by atoms with Crippen molar-refractivity contribution in [3.05, 3.63) is 50.5 Å². The fraction of sp³-hybridized carbons (Fsp3) is 0.381. The fourth-order valence-electron chi connectivity index (χ4n) is 3.71. The predicted molar refractivity (Wildman–Crippen MR) is 113 cm³/mol. The third kappa shape index (κ3) is 3.66.